The number of nitrogens with zero attached hydrogens (tertiary/aromatic N) is 3. The van der Waals surface area contributed by atoms with Crippen molar-refractivity contribution in [3.8, 4) is 5.82 Å². The lowest BCUT2D eigenvalue weighted by Gasteiger charge is -2.02. The molecule has 2 heterocycles. The van der Waals surface area contributed by atoms with E-state index in [2.05, 4.69) is 10.1 Å². The van der Waals surface area contributed by atoms with Crippen molar-refractivity contribution >= 4 is 22.6 Å². The van der Waals surface area contributed by atoms with Crippen molar-refractivity contribution in [1.29, 1.82) is 0 Å². The molecule has 0 saturated heterocycles. The Labute approximate surface area is 156 Å². The molecule has 27 heavy (non-hydrogen) atoms. The van der Waals surface area contributed by atoms with Gasteiger partial charge in [-0.2, -0.15) is 0 Å². The number of carbonyl (C=O) groups excluding carboxylic acids is 1. The Morgan fingerprint density at radius 3 is 2.48 bits per heavy atom. The third kappa shape index (κ3) is 3.35. The van der Waals surface area contributed by atoms with E-state index in [0.717, 1.165) is 22.3 Å². The van der Waals surface area contributed by atoms with Gasteiger partial charge in [0.25, 0.3) is 0 Å². The van der Waals surface area contributed by atoms with E-state index in [1.807, 2.05) is 66.2 Å². The van der Waals surface area contributed by atoms with Crippen LogP contribution in [0, 0.1) is 0 Å². The van der Waals surface area contributed by atoms with E-state index < -0.39 is 5.97 Å². The number of para-hydroxylation sites is 1. The summed E-state index contributed by atoms with van der Waals surface area (Å²) in [6.07, 6.45) is 3.72. The minimum atomic E-state index is -0.483. The lowest BCUT2D eigenvalue weighted by molar-refractivity contribution is 0.0516. The summed E-state index contributed by atoms with van der Waals surface area (Å²) in [6.45, 7) is 1.82. The van der Waals surface area contributed by atoms with Gasteiger partial charge in [0, 0.05) is 23.3 Å². The van der Waals surface area contributed by atoms with Crippen LogP contribution in [0.4, 0.5) is 0 Å². The highest BCUT2D eigenvalue weighted by molar-refractivity contribution is 6.10. The molecule has 0 N–H and O–H groups in total. The van der Waals surface area contributed by atoms with E-state index in [0.29, 0.717) is 11.3 Å². The predicted octanol–water partition coefficient (Wildman–Crippen LogP) is 4.61. The van der Waals surface area contributed by atoms with Crippen molar-refractivity contribution in [1.82, 2.24) is 9.55 Å². The zero-order chi connectivity index (χ0) is 18.6. The molecular weight excluding hydrogens is 338 g/mol. The Morgan fingerprint density at radius 1 is 0.963 bits per heavy atom. The Balaban J connectivity index is 1.70. The molecule has 0 aliphatic carbocycles. The molecule has 5 nitrogen and oxygen atoms in total. The number of carbonyl (C=O) groups is 1. The number of oxime groups is 1. The molecule has 132 valence electrons. The van der Waals surface area contributed by atoms with Crippen LogP contribution in [-0.4, -0.2) is 21.2 Å². The number of aromatic nitrogens is 2. The molecule has 0 amide bonds. The van der Waals surface area contributed by atoms with E-state index in [1.165, 1.54) is 0 Å². The second kappa shape index (κ2) is 7.25. The average molecular weight is 355 g/mol. The molecule has 4 aromatic rings. The summed E-state index contributed by atoms with van der Waals surface area (Å²) in [5.41, 5.74) is 2.97. The van der Waals surface area contributed by atoms with Crippen molar-refractivity contribution < 1.29 is 9.63 Å². The summed E-state index contributed by atoms with van der Waals surface area (Å²) in [6, 6.07) is 22.6. The van der Waals surface area contributed by atoms with Crippen molar-refractivity contribution in [2.75, 3.05) is 0 Å². The van der Waals surface area contributed by atoms with Crippen LogP contribution in [0.2, 0.25) is 0 Å². The maximum atomic E-state index is 12.1. The van der Waals surface area contributed by atoms with Crippen LogP contribution >= 0.6 is 0 Å². The molecule has 2 aromatic carbocycles. The van der Waals surface area contributed by atoms with Gasteiger partial charge in [0.15, 0.2) is 0 Å². The first-order valence-electron chi connectivity index (χ1n) is 8.57. The number of hydrogen-bond acceptors (Lipinski definition) is 4. The second-order valence-corrected chi connectivity index (χ2v) is 6.04. The van der Waals surface area contributed by atoms with Gasteiger partial charge < -0.3 is 9.40 Å². The van der Waals surface area contributed by atoms with Crippen molar-refractivity contribution in [3.05, 3.63) is 96.3 Å². The summed E-state index contributed by atoms with van der Waals surface area (Å²) in [4.78, 5) is 21.7. The van der Waals surface area contributed by atoms with Gasteiger partial charge in [0.1, 0.15) is 5.82 Å². The number of rotatable bonds is 4. The molecule has 0 fully saturated rings. The highest BCUT2D eigenvalue weighted by atomic mass is 16.7. The van der Waals surface area contributed by atoms with Gasteiger partial charge in [0.2, 0.25) is 0 Å². The van der Waals surface area contributed by atoms with E-state index >= 15 is 0 Å². The molecule has 0 bridgehead atoms. The standard InChI is InChI=1S/C22H17N3O2/c1-16(24-27-22(26)17-9-3-2-4-10-17)19-15-25(21-13-7-8-14-23-21)20-12-6-5-11-18(19)20/h2-15H,1H3/b24-16+. The van der Waals surface area contributed by atoms with Crippen molar-refractivity contribution in [2.24, 2.45) is 5.16 Å². The van der Waals surface area contributed by atoms with Crippen LogP contribution in [-0.2, 0) is 4.84 Å². The van der Waals surface area contributed by atoms with E-state index in [1.54, 1.807) is 30.5 Å². The lowest BCUT2D eigenvalue weighted by Crippen LogP contribution is -2.03. The summed E-state index contributed by atoms with van der Waals surface area (Å²) >= 11 is 0. The third-order valence-corrected chi connectivity index (χ3v) is 4.27. The highest BCUT2D eigenvalue weighted by Crippen LogP contribution is 2.24. The lowest BCUT2D eigenvalue weighted by atomic mass is 10.1. The van der Waals surface area contributed by atoms with Gasteiger partial charge in [0.05, 0.1) is 16.8 Å². The van der Waals surface area contributed by atoms with Crippen LogP contribution in [0.15, 0.2) is 90.3 Å². The third-order valence-electron chi connectivity index (χ3n) is 4.27. The van der Waals surface area contributed by atoms with E-state index in [-0.39, 0.29) is 0 Å². The largest absolute Gasteiger partial charge is 0.365 e. The predicted molar refractivity (Wildman–Crippen MR) is 105 cm³/mol. The van der Waals surface area contributed by atoms with Crippen molar-refractivity contribution in [2.45, 2.75) is 6.92 Å². The van der Waals surface area contributed by atoms with Gasteiger partial charge in [-0.3, -0.25) is 0 Å². The van der Waals surface area contributed by atoms with Crippen LogP contribution in [0.3, 0.4) is 0 Å². The molecule has 0 unspecified atom stereocenters. The smallest absolute Gasteiger partial charge is 0.313 e. The normalized spacial score (nSPS) is 11.5. The average Bonchev–Trinajstić information content (AvgIpc) is 3.13. The monoisotopic (exact) mass is 355 g/mol. The minimum absolute atomic E-state index is 0.463. The molecule has 0 saturated carbocycles. The first-order chi connectivity index (χ1) is 13.2. The number of pyridine rings is 1. The summed E-state index contributed by atoms with van der Waals surface area (Å²) in [5.74, 6) is 0.331. The zero-order valence-corrected chi connectivity index (χ0v) is 14.7. The van der Waals surface area contributed by atoms with Crippen LogP contribution < -0.4 is 0 Å². The molecule has 4 rings (SSSR count). The fourth-order valence-corrected chi connectivity index (χ4v) is 2.94. The molecule has 2 aromatic heterocycles. The quantitative estimate of drug-likeness (QED) is 0.305. The molecule has 0 aliphatic rings. The highest BCUT2D eigenvalue weighted by Gasteiger charge is 2.13. The Hall–Kier alpha value is -3.73. The first kappa shape index (κ1) is 16.7. The zero-order valence-electron chi connectivity index (χ0n) is 14.7. The van der Waals surface area contributed by atoms with Gasteiger partial charge in [-0.1, -0.05) is 47.6 Å². The first-order valence-corrected chi connectivity index (χ1v) is 8.57. The minimum Gasteiger partial charge on any atom is -0.313 e. The van der Waals surface area contributed by atoms with Gasteiger partial charge in [-0.15, -0.1) is 0 Å². The Morgan fingerprint density at radius 2 is 1.70 bits per heavy atom. The maximum Gasteiger partial charge on any atom is 0.365 e. The van der Waals surface area contributed by atoms with Gasteiger partial charge in [-0.05, 0) is 37.3 Å². The SMILES string of the molecule is C/C(=N\OC(=O)c1ccccc1)c1cn(-c2ccccn2)c2ccccc12. The van der Waals surface area contributed by atoms with Crippen LogP contribution in [0.1, 0.15) is 22.8 Å². The molecule has 5 heteroatoms. The summed E-state index contributed by atoms with van der Waals surface area (Å²) < 4.78 is 2.00. The fourth-order valence-electron chi connectivity index (χ4n) is 2.94. The van der Waals surface area contributed by atoms with Crippen LogP contribution in [0.25, 0.3) is 16.7 Å². The van der Waals surface area contributed by atoms with Crippen LogP contribution in [0.5, 0.6) is 0 Å². The molecule has 0 spiro atoms. The summed E-state index contributed by atoms with van der Waals surface area (Å²) in [5, 5.41) is 5.08. The van der Waals surface area contributed by atoms with E-state index in [4.69, 9.17) is 4.84 Å². The number of benzene rings is 2. The Kier molecular flexibility index (Phi) is 4.49. The molecule has 0 aliphatic heterocycles. The van der Waals surface area contributed by atoms with Gasteiger partial charge >= 0.3 is 5.97 Å². The van der Waals surface area contributed by atoms with E-state index in [9.17, 15) is 4.79 Å². The molecule has 0 atom stereocenters. The van der Waals surface area contributed by atoms with Crippen molar-refractivity contribution in [3.63, 3.8) is 0 Å². The molecular formula is C22H17N3O2. The fraction of sp³-hybridized carbons (Fsp3) is 0.0455. The summed E-state index contributed by atoms with van der Waals surface area (Å²) in [7, 11) is 0. The number of hydrogen-bond donors (Lipinski definition) is 0. The maximum absolute atomic E-state index is 12.1. The molecule has 0 radical (unpaired) electrons. The number of fused-ring (bicyclic) bond motifs is 1. The Bertz CT molecular complexity index is 1120. The van der Waals surface area contributed by atoms with Gasteiger partial charge in [-0.25, -0.2) is 9.78 Å². The topological polar surface area (TPSA) is 56.5 Å². The second-order valence-electron chi connectivity index (χ2n) is 6.04.